The first-order valence-corrected chi connectivity index (χ1v) is 42.7. The van der Waals surface area contributed by atoms with E-state index >= 15 is 0 Å². The lowest BCUT2D eigenvalue weighted by molar-refractivity contribution is 0.437. The Morgan fingerprint density at radius 3 is 1.48 bits per heavy atom. The van der Waals surface area contributed by atoms with Crippen molar-refractivity contribution in [3.63, 3.8) is 0 Å². The van der Waals surface area contributed by atoms with E-state index in [2.05, 4.69) is 399 Å². The Morgan fingerprint density at radius 1 is 0.287 bits per heavy atom. The summed E-state index contributed by atoms with van der Waals surface area (Å²) in [7, 11) is 0. The van der Waals surface area contributed by atoms with Gasteiger partial charge in [0.25, 0.3) is 0 Å². The Morgan fingerprint density at radius 2 is 0.795 bits per heavy atom. The van der Waals surface area contributed by atoms with E-state index < -0.39 is 10.8 Å². The summed E-state index contributed by atoms with van der Waals surface area (Å²) >= 11 is 1.77. The third-order valence-corrected chi connectivity index (χ3v) is 28.5. The Kier molecular flexibility index (Phi) is 13.8. The summed E-state index contributed by atoms with van der Waals surface area (Å²) in [4.78, 5) is 23.3. The third kappa shape index (κ3) is 8.97. The molecule has 7 heterocycles. The number of ether oxygens (including phenoxy) is 2. The maximum atomic E-state index is 7.84. The zero-order valence-corrected chi connectivity index (χ0v) is 67.0. The first kappa shape index (κ1) is 67.6. The third-order valence-electron chi connectivity index (χ3n) is 27.3. The van der Waals surface area contributed by atoms with Crippen LogP contribution in [0.5, 0.6) is 23.0 Å². The average molecular weight is 1570 g/mol. The Hall–Kier alpha value is -15.4. The summed E-state index contributed by atoms with van der Waals surface area (Å²) in [5.41, 5.74) is 31.8. The second-order valence-electron chi connectivity index (χ2n) is 33.6. The second kappa shape index (κ2) is 24.8. The van der Waals surface area contributed by atoms with Crippen molar-refractivity contribution in [2.24, 2.45) is 0 Å². The summed E-state index contributed by atoms with van der Waals surface area (Å²) < 4.78 is 22.0. The first-order chi connectivity index (χ1) is 60.2. The monoisotopic (exact) mass is 1570 g/mol. The smallest absolute Gasteiger partial charge is 0.235 e. The molecule has 568 valence electrons. The normalized spacial score (nSPS) is 14.1. The highest BCUT2D eigenvalue weighted by atomic mass is 32.1. The van der Waals surface area contributed by atoms with Crippen molar-refractivity contribution >= 4 is 86.0 Å². The van der Waals surface area contributed by atoms with Gasteiger partial charge in [0.15, 0.2) is 5.82 Å². The van der Waals surface area contributed by atoms with Crippen molar-refractivity contribution in [1.29, 1.82) is 0 Å². The molecule has 5 aliphatic rings. The molecular weight excluding hydrogens is 1510 g/mol. The molecule has 22 aromatic rings. The Bertz CT molecular complexity index is 8320. The van der Waals surface area contributed by atoms with Gasteiger partial charge in [0.1, 0.15) is 23.0 Å². The maximum Gasteiger partial charge on any atom is 0.235 e. The zero-order valence-electron chi connectivity index (χ0n) is 66.2. The van der Waals surface area contributed by atoms with Crippen LogP contribution in [-0.2, 0) is 16.2 Å². The van der Waals surface area contributed by atoms with Crippen LogP contribution >= 0.6 is 11.3 Å². The minimum atomic E-state index is -0.848. The van der Waals surface area contributed by atoms with Crippen LogP contribution in [0.25, 0.3) is 176 Å². The molecule has 17 aromatic carbocycles. The fourth-order valence-electron chi connectivity index (χ4n) is 22.2. The fourth-order valence-corrected chi connectivity index (χ4v) is 23.4. The van der Waals surface area contributed by atoms with Crippen molar-refractivity contribution in [3.8, 4) is 124 Å². The van der Waals surface area contributed by atoms with Crippen LogP contribution < -0.4 is 9.47 Å². The number of benzene rings is 17. The van der Waals surface area contributed by atoms with Gasteiger partial charge in [0, 0.05) is 92.5 Å². The lowest BCUT2D eigenvalue weighted by Crippen LogP contribution is -2.32. The summed E-state index contributed by atoms with van der Waals surface area (Å²) in [5, 5.41) is 7.46. The Balaban J connectivity index is 0.684. The highest BCUT2D eigenvalue weighted by Gasteiger charge is 2.54. The Labute approximate surface area is 705 Å². The lowest BCUT2D eigenvalue weighted by Gasteiger charge is -2.40. The van der Waals surface area contributed by atoms with Gasteiger partial charge in [-0.2, -0.15) is 0 Å². The van der Waals surface area contributed by atoms with Gasteiger partial charge in [-0.05, 0) is 157 Å². The molecule has 2 aliphatic heterocycles. The summed E-state index contributed by atoms with van der Waals surface area (Å²) in [6, 6.07) is 138. The van der Waals surface area contributed by atoms with E-state index in [9.17, 15) is 0 Å². The van der Waals surface area contributed by atoms with Crippen molar-refractivity contribution in [1.82, 2.24) is 29.1 Å². The largest absolute Gasteiger partial charge is 0.457 e. The van der Waals surface area contributed by atoms with Crippen molar-refractivity contribution < 1.29 is 9.47 Å². The predicted molar refractivity (Wildman–Crippen MR) is 496 cm³/mol. The van der Waals surface area contributed by atoms with Crippen LogP contribution in [0.3, 0.4) is 0 Å². The van der Waals surface area contributed by atoms with Gasteiger partial charge in [-0.25, -0.2) is 19.9 Å². The van der Waals surface area contributed by atoms with Crippen LogP contribution in [0.1, 0.15) is 69.5 Å². The molecule has 3 aliphatic carbocycles. The van der Waals surface area contributed by atoms with E-state index in [-0.39, 0.29) is 5.41 Å². The van der Waals surface area contributed by atoms with Crippen LogP contribution in [0.2, 0.25) is 0 Å². The van der Waals surface area contributed by atoms with Crippen LogP contribution in [0, 0.1) is 0 Å². The van der Waals surface area contributed by atoms with E-state index in [4.69, 9.17) is 29.4 Å². The molecule has 0 amide bonds. The van der Waals surface area contributed by atoms with Gasteiger partial charge < -0.3 is 14.0 Å². The second-order valence-corrected chi connectivity index (χ2v) is 34.7. The average Bonchev–Trinajstić information content (AvgIpc) is 1.47. The van der Waals surface area contributed by atoms with E-state index in [1.165, 1.54) is 66.8 Å². The molecular formula is C113H68N6O2S. The number of nitrogens with zero attached hydrogens (tertiary/aromatic N) is 6. The van der Waals surface area contributed by atoms with E-state index in [0.717, 1.165) is 176 Å². The summed E-state index contributed by atoms with van der Waals surface area (Å²) in [6.07, 6.45) is 0. The van der Waals surface area contributed by atoms with Gasteiger partial charge in [-0.1, -0.05) is 311 Å². The molecule has 0 radical (unpaired) electrons. The fraction of sp³-hybridized carbons (Fsp3) is 0.0442. The molecule has 0 bridgehead atoms. The summed E-state index contributed by atoms with van der Waals surface area (Å²) in [6.45, 7) is 4.71. The topological polar surface area (TPSA) is 79.9 Å². The zero-order chi connectivity index (χ0) is 80.0. The number of para-hydroxylation sites is 4. The van der Waals surface area contributed by atoms with Crippen LogP contribution in [0.15, 0.2) is 376 Å². The van der Waals surface area contributed by atoms with Crippen LogP contribution in [0.4, 0.5) is 0 Å². The quantitative estimate of drug-likeness (QED) is 0.158. The maximum absolute atomic E-state index is 7.84. The molecule has 9 heteroatoms. The molecule has 0 unspecified atom stereocenters. The molecule has 0 saturated heterocycles. The predicted octanol–water partition coefficient (Wildman–Crippen LogP) is 28.6. The van der Waals surface area contributed by atoms with Gasteiger partial charge in [-0.15, -0.1) is 11.3 Å². The molecule has 0 fully saturated rings. The number of rotatable bonds is 7. The van der Waals surface area contributed by atoms with E-state index in [1.54, 1.807) is 11.3 Å². The number of thiophene rings is 1. The van der Waals surface area contributed by atoms with Gasteiger partial charge >= 0.3 is 0 Å². The van der Waals surface area contributed by atoms with E-state index in [1.807, 2.05) is 0 Å². The number of aromatic nitrogens is 6. The molecule has 0 atom stereocenters. The van der Waals surface area contributed by atoms with E-state index in [0.29, 0.717) is 11.8 Å². The minimum Gasteiger partial charge on any atom is -0.457 e. The number of hydrogen-bond acceptors (Lipinski definition) is 7. The standard InChI is InChI=1S/C113H68N6O2S/c1-111(2)82-43-16-8-34-70(82)75-56-55-68(60-89(75)111)105-108-106(80-42-15-27-54-102(80)122-108)117-110(116-105)119-95-51-24-14-41-79(95)104-98(119)63-91-107(121-100-53-26-22-49-88(100)113(91)85-46-19-11-37-73(85)74-38-12-20-47-86(74)113)103(104)67-32-28-31-66(59-67)93-64-92(65-29-4-3-5-30-65)114-109(115-93)78-57-58-96(76-39-7-6-33-69(76)78)118-94-50-23-13-40-77(94)81-61-101-90(62-97(81)118)112(87-48-21-25-52-99(87)120-101)83-44-17-9-35-71(83)72-36-10-18-45-84(72)112/h3-64H,1-2H3. The van der Waals surface area contributed by atoms with Crippen molar-refractivity contribution in [3.05, 3.63) is 432 Å². The molecule has 0 N–H and O–H groups in total. The lowest BCUT2D eigenvalue weighted by atomic mass is 9.65. The molecule has 122 heavy (non-hydrogen) atoms. The minimum absolute atomic E-state index is 0.236. The van der Waals surface area contributed by atoms with Crippen LogP contribution in [-0.4, -0.2) is 29.1 Å². The van der Waals surface area contributed by atoms with Crippen molar-refractivity contribution in [2.75, 3.05) is 0 Å². The number of hydrogen-bond donors (Lipinski definition) is 0. The highest BCUT2D eigenvalue weighted by molar-refractivity contribution is 7.26. The van der Waals surface area contributed by atoms with Gasteiger partial charge in [-0.3, -0.25) is 4.57 Å². The van der Waals surface area contributed by atoms with Gasteiger partial charge in [0.2, 0.25) is 5.95 Å². The molecule has 0 saturated carbocycles. The number of fused-ring (bicyclic) bond motifs is 31. The molecule has 5 aromatic heterocycles. The molecule has 8 nitrogen and oxygen atoms in total. The SMILES string of the molecule is CC1(C)c2ccccc2-c2ccc(-c3nc(-n4c5ccccc5c5c(-c6cccc(-c7cc(-c8ccccc8)nc(-c8ccc(-n9c%10ccccc%10c%10cc%11c(cc%109)C9(c%10ccccc%10O%11)c%10ccccc%10-c%10ccccc%109)c9ccccc89)n7)c6)c6c(cc54)C4(c5ccccc5O6)c5ccccc5-c5ccccc54)nc4c3sc3ccccc34)cc21. The first-order valence-electron chi connectivity index (χ1n) is 41.9. The molecule has 27 rings (SSSR count). The highest BCUT2D eigenvalue weighted by Crippen LogP contribution is 2.67. The van der Waals surface area contributed by atoms with Crippen molar-refractivity contribution in [2.45, 2.75) is 30.1 Å². The summed E-state index contributed by atoms with van der Waals surface area (Å²) in [5.74, 6) is 4.48. The molecule has 2 spiro atoms. The van der Waals surface area contributed by atoms with Gasteiger partial charge in [0.05, 0.1) is 65.9 Å².